The molecule has 1 aromatic carbocycles. The highest BCUT2D eigenvalue weighted by atomic mass is 35.5. The first-order chi connectivity index (χ1) is 9.22. The minimum absolute atomic E-state index is 0.0338. The van der Waals surface area contributed by atoms with Crippen LogP contribution in [0, 0.1) is 5.92 Å². The Hall–Kier alpha value is -1.46. The maximum atomic E-state index is 12.0. The molecule has 2 N–H and O–H groups in total. The van der Waals surface area contributed by atoms with Crippen LogP contribution in [0.2, 0.25) is 10.0 Å². The van der Waals surface area contributed by atoms with Crippen molar-refractivity contribution in [2.45, 2.75) is 13.8 Å². The first-order valence-electron chi connectivity index (χ1n) is 5.96. The normalized spacial score (nSPS) is 10.5. The van der Waals surface area contributed by atoms with Crippen LogP contribution >= 0.6 is 23.2 Å². The van der Waals surface area contributed by atoms with Gasteiger partial charge in [0.25, 0.3) is 0 Å². The Balaban J connectivity index is 2.93. The fraction of sp³-hybridized carbons (Fsp3) is 0.385. The van der Waals surface area contributed by atoms with Gasteiger partial charge in [0.15, 0.2) is 0 Å². The second kappa shape index (κ2) is 6.81. The van der Waals surface area contributed by atoms with Crippen LogP contribution in [0.4, 0.5) is 10.5 Å². The summed E-state index contributed by atoms with van der Waals surface area (Å²) in [4.78, 5) is 24.3. The van der Waals surface area contributed by atoms with Crippen molar-refractivity contribution in [1.29, 1.82) is 0 Å². The fourth-order valence-corrected chi connectivity index (χ4v) is 2.23. The number of hydrogen-bond acceptors (Lipinski definition) is 2. The smallest absolute Gasteiger partial charge is 0.335 e. The molecule has 5 nitrogen and oxygen atoms in total. The third kappa shape index (κ3) is 4.28. The number of halogens is 2. The summed E-state index contributed by atoms with van der Waals surface area (Å²) in [5.41, 5.74) is 0.174. The van der Waals surface area contributed by atoms with E-state index < -0.39 is 5.97 Å². The number of aromatic carboxylic acids is 1. The predicted molar refractivity (Wildman–Crippen MR) is 79.9 cm³/mol. The topological polar surface area (TPSA) is 69.6 Å². The maximum Gasteiger partial charge on any atom is 0.335 e. The number of hydrogen-bond donors (Lipinski definition) is 2. The number of carboxylic acids is 1. The van der Waals surface area contributed by atoms with Gasteiger partial charge in [0.1, 0.15) is 0 Å². The summed E-state index contributed by atoms with van der Waals surface area (Å²) in [6.07, 6.45) is 0. The van der Waals surface area contributed by atoms with Gasteiger partial charge in [0.2, 0.25) is 0 Å². The number of carboxylic acid groups (broad SMARTS) is 1. The molecule has 0 saturated heterocycles. The van der Waals surface area contributed by atoms with Crippen LogP contribution in [0.5, 0.6) is 0 Å². The Morgan fingerprint density at radius 1 is 1.30 bits per heavy atom. The second-order valence-electron chi connectivity index (χ2n) is 4.82. The van der Waals surface area contributed by atoms with Crippen LogP contribution in [-0.4, -0.2) is 35.6 Å². The van der Waals surface area contributed by atoms with Crippen LogP contribution in [0.15, 0.2) is 12.1 Å². The van der Waals surface area contributed by atoms with E-state index in [9.17, 15) is 9.59 Å². The fourth-order valence-electron chi connectivity index (χ4n) is 1.65. The Bertz CT molecular complexity index is 509. The molecular weight excluding hydrogens is 303 g/mol. The molecule has 0 atom stereocenters. The minimum atomic E-state index is -1.14. The van der Waals surface area contributed by atoms with Gasteiger partial charge >= 0.3 is 12.0 Å². The minimum Gasteiger partial charge on any atom is -0.478 e. The molecular formula is C13H16Cl2N2O3. The van der Waals surface area contributed by atoms with Crippen LogP contribution < -0.4 is 5.32 Å². The number of carbonyl (C=O) groups is 2. The van der Waals surface area contributed by atoms with Crippen LogP contribution in [0.25, 0.3) is 0 Å². The molecule has 0 aliphatic rings. The van der Waals surface area contributed by atoms with Gasteiger partial charge in [-0.05, 0) is 18.1 Å². The number of anilines is 1. The van der Waals surface area contributed by atoms with E-state index in [2.05, 4.69) is 5.32 Å². The summed E-state index contributed by atoms with van der Waals surface area (Å²) >= 11 is 11.9. The molecule has 0 radical (unpaired) electrons. The molecule has 1 rings (SSSR count). The molecule has 0 heterocycles. The van der Waals surface area contributed by atoms with Crippen LogP contribution in [0.1, 0.15) is 24.2 Å². The number of carbonyl (C=O) groups excluding carboxylic acids is 1. The molecule has 0 fully saturated rings. The highest BCUT2D eigenvalue weighted by molar-refractivity contribution is 6.40. The number of benzene rings is 1. The molecule has 0 unspecified atom stereocenters. The third-order valence-corrected chi connectivity index (χ3v) is 3.10. The maximum absolute atomic E-state index is 12.0. The van der Waals surface area contributed by atoms with E-state index in [1.165, 1.54) is 17.0 Å². The van der Waals surface area contributed by atoms with Crippen molar-refractivity contribution < 1.29 is 14.7 Å². The first kappa shape index (κ1) is 16.6. The molecule has 2 amide bonds. The average molecular weight is 319 g/mol. The monoisotopic (exact) mass is 318 g/mol. The first-order valence-corrected chi connectivity index (χ1v) is 6.72. The van der Waals surface area contributed by atoms with Gasteiger partial charge in [-0.2, -0.15) is 0 Å². The molecule has 0 spiro atoms. The molecule has 0 aliphatic heterocycles. The van der Waals surface area contributed by atoms with Crippen molar-refractivity contribution >= 4 is 40.9 Å². The van der Waals surface area contributed by atoms with Crippen LogP contribution in [-0.2, 0) is 0 Å². The zero-order valence-corrected chi connectivity index (χ0v) is 12.9. The lowest BCUT2D eigenvalue weighted by Crippen LogP contribution is -2.34. The number of nitrogens with zero attached hydrogens (tertiary/aromatic N) is 1. The Morgan fingerprint density at radius 2 is 1.80 bits per heavy atom. The molecule has 0 bridgehead atoms. The van der Waals surface area contributed by atoms with Gasteiger partial charge < -0.3 is 15.3 Å². The van der Waals surface area contributed by atoms with Gasteiger partial charge in [-0.3, -0.25) is 0 Å². The van der Waals surface area contributed by atoms with Crippen molar-refractivity contribution in [1.82, 2.24) is 4.90 Å². The lowest BCUT2D eigenvalue weighted by molar-refractivity contribution is 0.0697. The van der Waals surface area contributed by atoms with Crippen molar-refractivity contribution in [2.24, 2.45) is 5.92 Å². The van der Waals surface area contributed by atoms with Gasteiger partial charge in [-0.1, -0.05) is 37.0 Å². The SMILES string of the molecule is CC(C)CN(C)C(=O)Nc1c(Cl)cc(C(=O)O)cc1Cl. The lowest BCUT2D eigenvalue weighted by Gasteiger charge is -2.20. The zero-order valence-electron chi connectivity index (χ0n) is 11.4. The Kier molecular flexibility index (Phi) is 5.65. The predicted octanol–water partition coefficient (Wildman–Crippen LogP) is 3.81. The highest BCUT2D eigenvalue weighted by Crippen LogP contribution is 2.32. The second-order valence-corrected chi connectivity index (χ2v) is 5.64. The van der Waals surface area contributed by atoms with Gasteiger partial charge in [0, 0.05) is 13.6 Å². The molecule has 0 aliphatic carbocycles. The molecule has 0 saturated carbocycles. The summed E-state index contributed by atoms with van der Waals surface area (Å²) in [6.45, 7) is 4.56. The number of rotatable bonds is 4. The number of urea groups is 1. The molecule has 20 heavy (non-hydrogen) atoms. The quantitative estimate of drug-likeness (QED) is 0.886. The van der Waals surface area contributed by atoms with E-state index in [-0.39, 0.29) is 27.3 Å². The van der Waals surface area contributed by atoms with E-state index in [0.29, 0.717) is 12.5 Å². The largest absolute Gasteiger partial charge is 0.478 e. The van der Waals surface area contributed by atoms with Gasteiger partial charge in [-0.25, -0.2) is 9.59 Å². The van der Waals surface area contributed by atoms with Gasteiger partial charge in [0.05, 0.1) is 21.3 Å². The lowest BCUT2D eigenvalue weighted by atomic mass is 10.2. The van der Waals surface area contributed by atoms with E-state index in [1.54, 1.807) is 7.05 Å². The number of amides is 2. The van der Waals surface area contributed by atoms with Crippen molar-refractivity contribution in [2.75, 3.05) is 18.9 Å². The standard InChI is InChI=1S/C13H16Cl2N2O3/c1-7(2)6-17(3)13(20)16-11-9(14)4-8(12(18)19)5-10(11)15/h4-5,7H,6H2,1-3H3,(H,16,20)(H,18,19). The summed E-state index contributed by atoms with van der Waals surface area (Å²) < 4.78 is 0. The van der Waals surface area contributed by atoms with Crippen molar-refractivity contribution in [3.8, 4) is 0 Å². The Labute approximate surface area is 127 Å². The highest BCUT2D eigenvalue weighted by Gasteiger charge is 2.16. The van der Waals surface area contributed by atoms with Gasteiger partial charge in [-0.15, -0.1) is 0 Å². The van der Waals surface area contributed by atoms with E-state index in [0.717, 1.165) is 0 Å². The Morgan fingerprint density at radius 3 is 2.20 bits per heavy atom. The number of nitrogens with one attached hydrogen (secondary N) is 1. The summed E-state index contributed by atoms with van der Waals surface area (Å²) in [7, 11) is 1.66. The van der Waals surface area contributed by atoms with E-state index in [1.807, 2.05) is 13.8 Å². The summed E-state index contributed by atoms with van der Waals surface area (Å²) in [5.74, 6) is -0.810. The summed E-state index contributed by atoms with van der Waals surface area (Å²) in [6, 6.07) is 2.13. The van der Waals surface area contributed by atoms with E-state index >= 15 is 0 Å². The average Bonchev–Trinajstić information content (AvgIpc) is 2.32. The molecule has 1 aromatic rings. The van der Waals surface area contributed by atoms with Crippen LogP contribution in [0.3, 0.4) is 0 Å². The molecule has 7 heteroatoms. The zero-order chi connectivity index (χ0) is 15.4. The third-order valence-electron chi connectivity index (χ3n) is 2.51. The van der Waals surface area contributed by atoms with E-state index in [4.69, 9.17) is 28.3 Å². The molecule has 0 aromatic heterocycles. The van der Waals surface area contributed by atoms with Crippen molar-refractivity contribution in [3.63, 3.8) is 0 Å². The molecule has 110 valence electrons. The van der Waals surface area contributed by atoms with Crippen molar-refractivity contribution in [3.05, 3.63) is 27.7 Å². The summed E-state index contributed by atoms with van der Waals surface area (Å²) in [5, 5.41) is 11.6.